The second-order valence-corrected chi connectivity index (χ2v) is 7.99. The van der Waals surface area contributed by atoms with Crippen molar-refractivity contribution in [3.05, 3.63) is 77.9 Å². The summed E-state index contributed by atoms with van der Waals surface area (Å²) in [5, 5.41) is 2.99. The molecule has 0 spiro atoms. The van der Waals surface area contributed by atoms with Crippen LogP contribution >= 0.6 is 0 Å². The molecule has 1 aliphatic heterocycles. The molecule has 0 radical (unpaired) electrons. The number of hydrazine groups is 1. The normalized spacial score (nSPS) is 15.5. The average molecular weight is 455 g/mol. The lowest BCUT2D eigenvalue weighted by Gasteiger charge is -2.18. The summed E-state index contributed by atoms with van der Waals surface area (Å²) < 4.78 is 0. The molecule has 1 atom stereocenters. The Labute approximate surface area is 197 Å². The van der Waals surface area contributed by atoms with Crippen LogP contribution in [0.25, 0.3) is 0 Å². The second-order valence-electron chi connectivity index (χ2n) is 7.99. The molecule has 33 heavy (non-hydrogen) atoms. The van der Waals surface area contributed by atoms with Crippen molar-refractivity contribution in [3.8, 4) is 0 Å². The summed E-state index contributed by atoms with van der Waals surface area (Å²) in [6, 6.07) is 14.1. The summed E-state index contributed by atoms with van der Waals surface area (Å²) in [4.78, 5) is 27.7. The number of likely N-dealkylation sites (tertiary alicyclic amines) is 1. The first-order chi connectivity index (χ1) is 15.9. The molecule has 1 fully saturated rings. The number of likely N-dealkylation sites (N-methyl/N-ethyl adjacent to an activating group) is 1. The Morgan fingerprint density at radius 2 is 1.97 bits per heavy atom. The standard InChI is InChI=1S/C13H18N2O.C8H11N.C4H9N3O/c1-15-9-5-8-12(15)13(16)14-10-11-6-3-2-4-7-11;1-7(2)8-4-3-5-9-6-8;5-3-4(7-6)1-2-8/h2-4,6-7,12H,5,8-10H2,1H3,(H,14,16);3-7H,1-2H3;2-3,7H,1,5-6H2/b;;4-3-. The number of rotatable bonds is 7. The van der Waals surface area contributed by atoms with Gasteiger partial charge in [-0.15, -0.1) is 0 Å². The third kappa shape index (κ3) is 11.3. The molecule has 3 rings (SSSR count). The molecule has 1 aliphatic rings. The number of pyridine rings is 1. The Hall–Kier alpha value is -3.23. The number of carbonyl (C=O) groups is 2. The van der Waals surface area contributed by atoms with Crippen molar-refractivity contribution >= 4 is 12.2 Å². The van der Waals surface area contributed by atoms with Gasteiger partial charge >= 0.3 is 0 Å². The van der Waals surface area contributed by atoms with Gasteiger partial charge in [-0.05, 0) is 49.5 Å². The zero-order valence-corrected chi connectivity index (χ0v) is 19.9. The van der Waals surface area contributed by atoms with Crippen LogP contribution in [0.15, 0.2) is 66.8 Å². The lowest BCUT2D eigenvalue weighted by atomic mass is 10.1. The average Bonchev–Trinajstić information content (AvgIpc) is 3.29. The Balaban J connectivity index is 0.000000273. The minimum Gasteiger partial charge on any atom is -0.403 e. The molecule has 0 saturated carbocycles. The van der Waals surface area contributed by atoms with Gasteiger partial charge in [0.25, 0.3) is 0 Å². The fraction of sp³-hybridized carbons (Fsp3) is 0.400. The van der Waals surface area contributed by atoms with Gasteiger partial charge in [-0.1, -0.05) is 50.2 Å². The van der Waals surface area contributed by atoms with E-state index in [-0.39, 0.29) is 18.4 Å². The molecule has 1 aromatic carbocycles. The molecule has 1 saturated heterocycles. The van der Waals surface area contributed by atoms with E-state index in [4.69, 9.17) is 11.6 Å². The highest BCUT2D eigenvalue weighted by Crippen LogP contribution is 2.14. The second kappa shape index (κ2) is 16.4. The smallest absolute Gasteiger partial charge is 0.237 e. The van der Waals surface area contributed by atoms with Crippen molar-refractivity contribution < 1.29 is 9.59 Å². The number of benzene rings is 1. The maximum Gasteiger partial charge on any atom is 0.237 e. The zero-order valence-electron chi connectivity index (χ0n) is 19.9. The van der Waals surface area contributed by atoms with E-state index in [0.717, 1.165) is 31.2 Å². The molecule has 6 N–H and O–H groups in total. The number of nitrogens with one attached hydrogen (secondary N) is 2. The van der Waals surface area contributed by atoms with Gasteiger partial charge in [-0.2, -0.15) is 0 Å². The molecule has 2 aromatic rings. The van der Waals surface area contributed by atoms with E-state index < -0.39 is 0 Å². The van der Waals surface area contributed by atoms with Crippen LogP contribution in [0.4, 0.5) is 0 Å². The number of hydrogen-bond donors (Lipinski definition) is 4. The predicted octanol–water partition coefficient (Wildman–Crippen LogP) is 2.44. The molecular weight excluding hydrogens is 416 g/mol. The molecule has 0 bridgehead atoms. The minimum absolute atomic E-state index is 0.0729. The van der Waals surface area contributed by atoms with E-state index in [0.29, 0.717) is 18.2 Å². The fourth-order valence-corrected chi connectivity index (χ4v) is 3.13. The van der Waals surface area contributed by atoms with Gasteiger partial charge in [0.1, 0.15) is 6.29 Å². The first kappa shape index (κ1) is 27.8. The monoisotopic (exact) mass is 454 g/mol. The summed E-state index contributed by atoms with van der Waals surface area (Å²) in [6.07, 6.45) is 8.04. The van der Waals surface area contributed by atoms with Gasteiger partial charge in [0, 0.05) is 37.3 Å². The highest BCUT2D eigenvalue weighted by Gasteiger charge is 2.27. The van der Waals surface area contributed by atoms with Crippen molar-refractivity contribution in [3.63, 3.8) is 0 Å². The number of aldehydes is 1. The van der Waals surface area contributed by atoms with Crippen LogP contribution < -0.4 is 22.3 Å². The summed E-state index contributed by atoms with van der Waals surface area (Å²) in [5.41, 5.74) is 10.2. The lowest BCUT2D eigenvalue weighted by molar-refractivity contribution is -0.125. The number of nitrogens with two attached hydrogens (primary N) is 2. The van der Waals surface area contributed by atoms with Crippen LogP contribution in [0, 0.1) is 0 Å². The van der Waals surface area contributed by atoms with Crippen molar-refractivity contribution in [2.75, 3.05) is 13.6 Å². The molecule has 1 aromatic heterocycles. The van der Waals surface area contributed by atoms with Gasteiger partial charge in [0.05, 0.1) is 6.04 Å². The van der Waals surface area contributed by atoms with Crippen LogP contribution in [-0.2, 0) is 16.1 Å². The van der Waals surface area contributed by atoms with Crippen molar-refractivity contribution in [2.24, 2.45) is 11.6 Å². The van der Waals surface area contributed by atoms with E-state index >= 15 is 0 Å². The number of nitrogens with zero attached hydrogens (tertiary/aromatic N) is 2. The summed E-state index contributed by atoms with van der Waals surface area (Å²) in [5.74, 6) is 5.66. The van der Waals surface area contributed by atoms with Crippen molar-refractivity contribution in [1.82, 2.24) is 20.6 Å². The molecule has 2 heterocycles. The number of allylic oxidation sites excluding steroid dienone is 1. The molecular formula is C25H38N6O2. The SMILES string of the molecule is CC(C)c1cccnc1.CN1CCCC1C(=O)NCc1ccccc1.N/C=C(/CC=O)NN. The van der Waals surface area contributed by atoms with E-state index in [1.165, 1.54) is 11.8 Å². The van der Waals surface area contributed by atoms with Crippen molar-refractivity contribution in [1.29, 1.82) is 0 Å². The molecule has 180 valence electrons. The summed E-state index contributed by atoms with van der Waals surface area (Å²) >= 11 is 0. The first-order valence-electron chi connectivity index (χ1n) is 11.2. The van der Waals surface area contributed by atoms with Crippen LogP contribution in [0.3, 0.4) is 0 Å². The highest BCUT2D eigenvalue weighted by molar-refractivity contribution is 5.81. The summed E-state index contributed by atoms with van der Waals surface area (Å²) in [6.45, 7) is 5.99. The van der Waals surface area contributed by atoms with Crippen LogP contribution in [0.1, 0.15) is 50.2 Å². The lowest BCUT2D eigenvalue weighted by Crippen LogP contribution is -2.41. The number of carbonyl (C=O) groups excluding carboxylic acids is 2. The Bertz CT molecular complexity index is 827. The van der Waals surface area contributed by atoms with Gasteiger partial charge < -0.3 is 21.3 Å². The zero-order chi connectivity index (χ0) is 24.5. The maximum atomic E-state index is 11.9. The summed E-state index contributed by atoms with van der Waals surface area (Å²) in [7, 11) is 2.01. The highest BCUT2D eigenvalue weighted by atomic mass is 16.2. The Morgan fingerprint density at radius 1 is 1.24 bits per heavy atom. The minimum atomic E-state index is 0.0729. The molecule has 1 amide bonds. The maximum absolute atomic E-state index is 11.9. The molecule has 1 unspecified atom stereocenters. The van der Waals surface area contributed by atoms with Crippen LogP contribution in [0.2, 0.25) is 0 Å². The van der Waals surface area contributed by atoms with Crippen LogP contribution in [0.5, 0.6) is 0 Å². The quantitative estimate of drug-likeness (QED) is 0.287. The predicted molar refractivity (Wildman–Crippen MR) is 133 cm³/mol. The van der Waals surface area contributed by atoms with Gasteiger partial charge in [0.15, 0.2) is 0 Å². The largest absolute Gasteiger partial charge is 0.403 e. The van der Waals surface area contributed by atoms with Crippen LogP contribution in [-0.4, -0.2) is 41.7 Å². The molecule has 8 heteroatoms. The van der Waals surface area contributed by atoms with Gasteiger partial charge in [-0.3, -0.25) is 20.5 Å². The molecule has 8 nitrogen and oxygen atoms in total. The third-order valence-electron chi connectivity index (χ3n) is 5.17. The number of amides is 1. The molecule has 0 aliphatic carbocycles. The van der Waals surface area contributed by atoms with E-state index in [2.05, 4.69) is 40.5 Å². The first-order valence-corrected chi connectivity index (χ1v) is 11.2. The third-order valence-corrected chi connectivity index (χ3v) is 5.17. The Morgan fingerprint density at radius 3 is 2.39 bits per heavy atom. The topological polar surface area (TPSA) is 126 Å². The fourth-order valence-electron chi connectivity index (χ4n) is 3.13. The van der Waals surface area contributed by atoms with E-state index in [1.54, 1.807) is 6.20 Å². The number of hydrogen-bond acceptors (Lipinski definition) is 7. The van der Waals surface area contributed by atoms with E-state index in [1.807, 2.05) is 49.6 Å². The Kier molecular flexibility index (Phi) is 13.8. The van der Waals surface area contributed by atoms with Gasteiger partial charge in [-0.25, -0.2) is 0 Å². The van der Waals surface area contributed by atoms with E-state index in [9.17, 15) is 9.59 Å². The van der Waals surface area contributed by atoms with Gasteiger partial charge in [0.2, 0.25) is 5.91 Å². The van der Waals surface area contributed by atoms with Crippen molar-refractivity contribution in [2.45, 2.75) is 51.6 Å². The number of aromatic nitrogens is 1.